The van der Waals surface area contributed by atoms with E-state index in [1.54, 1.807) is 13.8 Å². The van der Waals surface area contributed by atoms with Gasteiger partial charge in [0.25, 0.3) is 0 Å². The van der Waals surface area contributed by atoms with Gasteiger partial charge in [-0.3, -0.25) is 9.59 Å². The van der Waals surface area contributed by atoms with E-state index >= 15 is 0 Å². The number of carboxylic acid groups (broad SMARTS) is 1. The zero-order valence-corrected chi connectivity index (χ0v) is 11.1. The maximum Gasteiger partial charge on any atom is 0.326 e. The lowest BCUT2D eigenvalue weighted by Gasteiger charge is -2.17. The van der Waals surface area contributed by atoms with E-state index in [0.717, 1.165) is 0 Å². The van der Waals surface area contributed by atoms with Crippen molar-refractivity contribution in [3.63, 3.8) is 0 Å². The minimum absolute atomic E-state index is 0.165. The van der Waals surface area contributed by atoms with E-state index in [9.17, 15) is 14.4 Å². The highest BCUT2D eigenvalue weighted by atomic mass is 16.5. The Bertz CT molecular complexity index is 301. The van der Waals surface area contributed by atoms with Gasteiger partial charge in [0.15, 0.2) is 0 Å². The monoisotopic (exact) mass is 259 g/mol. The fourth-order valence-corrected chi connectivity index (χ4v) is 1.42. The third-order valence-corrected chi connectivity index (χ3v) is 2.51. The number of aliphatic carboxylic acids is 1. The maximum atomic E-state index is 11.5. The van der Waals surface area contributed by atoms with Gasteiger partial charge < -0.3 is 15.2 Å². The highest BCUT2D eigenvalue weighted by molar-refractivity contribution is 5.83. The van der Waals surface area contributed by atoms with Gasteiger partial charge in [-0.05, 0) is 18.8 Å². The summed E-state index contributed by atoms with van der Waals surface area (Å²) in [6.07, 6.45) is 1.58. The van der Waals surface area contributed by atoms with E-state index < -0.39 is 12.0 Å². The van der Waals surface area contributed by atoms with Gasteiger partial charge >= 0.3 is 11.9 Å². The molecule has 0 aromatic carbocycles. The molecule has 0 aromatic heterocycles. The lowest BCUT2D eigenvalue weighted by atomic mass is 10.0. The zero-order chi connectivity index (χ0) is 14.1. The summed E-state index contributed by atoms with van der Waals surface area (Å²) in [4.78, 5) is 33.2. The number of amides is 1. The minimum Gasteiger partial charge on any atom is -0.480 e. The Labute approximate surface area is 107 Å². The van der Waals surface area contributed by atoms with Crippen LogP contribution in [0.1, 0.15) is 39.5 Å². The third-order valence-electron chi connectivity index (χ3n) is 2.51. The van der Waals surface area contributed by atoms with Crippen LogP contribution in [0.5, 0.6) is 0 Å². The Morgan fingerprint density at radius 2 is 1.72 bits per heavy atom. The summed E-state index contributed by atoms with van der Waals surface area (Å²) < 4.78 is 4.47. The van der Waals surface area contributed by atoms with Gasteiger partial charge in [-0.25, -0.2) is 4.79 Å². The quantitative estimate of drug-likeness (QED) is 0.500. The second-order valence-electron chi connectivity index (χ2n) is 4.41. The van der Waals surface area contributed by atoms with E-state index in [1.807, 2.05) is 0 Å². The van der Waals surface area contributed by atoms with Crippen molar-refractivity contribution < 1.29 is 24.2 Å². The lowest BCUT2D eigenvalue weighted by molar-refractivity contribution is -0.143. The van der Waals surface area contributed by atoms with E-state index in [-0.39, 0.29) is 30.6 Å². The molecule has 6 nitrogen and oxygen atoms in total. The number of carbonyl (C=O) groups is 3. The van der Waals surface area contributed by atoms with Crippen molar-refractivity contribution in [1.82, 2.24) is 5.32 Å². The average molecular weight is 259 g/mol. The molecule has 1 amide bonds. The Morgan fingerprint density at radius 1 is 1.17 bits per heavy atom. The van der Waals surface area contributed by atoms with Gasteiger partial charge in [-0.2, -0.15) is 0 Å². The Kier molecular flexibility index (Phi) is 7.74. The molecule has 0 fully saturated rings. The van der Waals surface area contributed by atoms with Gasteiger partial charge in [-0.15, -0.1) is 0 Å². The number of hydrogen-bond acceptors (Lipinski definition) is 4. The van der Waals surface area contributed by atoms with Crippen LogP contribution in [0.3, 0.4) is 0 Å². The number of ether oxygens (including phenoxy) is 1. The molecule has 0 unspecified atom stereocenters. The van der Waals surface area contributed by atoms with E-state index in [0.29, 0.717) is 12.8 Å². The fraction of sp³-hybridized carbons (Fsp3) is 0.750. The largest absolute Gasteiger partial charge is 0.480 e. The summed E-state index contributed by atoms with van der Waals surface area (Å²) >= 11 is 0. The first-order chi connectivity index (χ1) is 8.38. The smallest absolute Gasteiger partial charge is 0.326 e. The first-order valence-corrected chi connectivity index (χ1v) is 5.97. The molecule has 6 heteroatoms. The molecule has 1 atom stereocenters. The van der Waals surface area contributed by atoms with Crippen LogP contribution in [0.15, 0.2) is 0 Å². The molecule has 0 aliphatic carbocycles. The molecule has 0 aromatic rings. The Balaban J connectivity index is 3.89. The number of esters is 1. The lowest BCUT2D eigenvalue weighted by Crippen LogP contribution is -2.44. The van der Waals surface area contributed by atoms with Crippen molar-refractivity contribution in [1.29, 1.82) is 0 Å². The second-order valence-corrected chi connectivity index (χ2v) is 4.41. The Hall–Kier alpha value is -1.59. The van der Waals surface area contributed by atoms with E-state index in [2.05, 4.69) is 10.1 Å². The van der Waals surface area contributed by atoms with Crippen molar-refractivity contribution >= 4 is 17.8 Å². The summed E-state index contributed by atoms with van der Waals surface area (Å²) in [6, 6.07) is -0.863. The number of carbonyl (C=O) groups excluding carboxylic acids is 2. The van der Waals surface area contributed by atoms with Gasteiger partial charge in [0.05, 0.1) is 7.11 Å². The first-order valence-electron chi connectivity index (χ1n) is 5.97. The summed E-state index contributed by atoms with van der Waals surface area (Å²) in [5, 5.41) is 11.4. The minimum atomic E-state index is -1.03. The summed E-state index contributed by atoms with van der Waals surface area (Å²) in [6.45, 7) is 3.46. The van der Waals surface area contributed by atoms with Crippen LogP contribution in [0.2, 0.25) is 0 Å². The van der Waals surface area contributed by atoms with Crippen LogP contribution >= 0.6 is 0 Å². The normalized spacial score (nSPS) is 12.0. The second kappa shape index (κ2) is 8.49. The Morgan fingerprint density at radius 3 is 2.17 bits per heavy atom. The zero-order valence-electron chi connectivity index (χ0n) is 11.1. The highest BCUT2D eigenvalue weighted by Gasteiger charge is 2.22. The van der Waals surface area contributed by atoms with Crippen LogP contribution in [0, 0.1) is 5.92 Å². The number of nitrogens with one attached hydrogen (secondary N) is 1. The van der Waals surface area contributed by atoms with Crippen LogP contribution < -0.4 is 5.32 Å². The number of unbranched alkanes of at least 4 members (excludes halogenated alkanes) is 1. The summed E-state index contributed by atoms with van der Waals surface area (Å²) in [7, 11) is 1.31. The standard InChI is InChI=1S/C12H21NO5/c1-8(2)11(12(16)17)13-9(14)6-4-5-7-10(15)18-3/h8,11H,4-7H2,1-3H3,(H,13,14)(H,16,17)/t11-/m0/s1. The van der Waals surface area contributed by atoms with Crippen molar-refractivity contribution in [3.8, 4) is 0 Å². The van der Waals surface area contributed by atoms with E-state index in [1.165, 1.54) is 7.11 Å². The molecule has 104 valence electrons. The molecule has 0 bridgehead atoms. The molecule has 0 heterocycles. The van der Waals surface area contributed by atoms with Crippen LogP contribution in [-0.4, -0.2) is 36.1 Å². The molecule has 0 rings (SSSR count). The number of hydrogen-bond donors (Lipinski definition) is 2. The van der Waals surface area contributed by atoms with Gasteiger partial charge in [-0.1, -0.05) is 13.8 Å². The number of rotatable bonds is 8. The van der Waals surface area contributed by atoms with Crippen LogP contribution in [0.4, 0.5) is 0 Å². The molecule has 0 spiro atoms. The molecule has 0 radical (unpaired) electrons. The molecule has 0 aliphatic heterocycles. The van der Waals surface area contributed by atoms with E-state index in [4.69, 9.17) is 5.11 Å². The van der Waals surface area contributed by atoms with Gasteiger partial charge in [0.1, 0.15) is 6.04 Å². The third kappa shape index (κ3) is 6.88. The summed E-state index contributed by atoms with van der Waals surface area (Å²) in [5.41, 5.74) is 0. The predicted octanol–water partition coefficient (Wildman–Crippen LogP) is 0.945. The van der Waals surface area contributed by atoms with Crippen LogP contribution in [0.25, 0.3) is 0 Å². The molecule has 2 N–H and O–H groups in total. The highest BCUT2D eigenvalue weighted by Crippen LogP contribution is 2.05. The summed E-state index contributed by atoms with van der Waals surface area (Å²) in [5.74, 6) is -1.81. The van der Waals surface area contributed by atoms with Crippen molar-refractivity contribution in [3.05, 3.63) is 0 Å². The topological polar surface area (TPSA) is 92.7 Å². The molecule has 0 aliphatic rings. The van der Waals surface area contributed by atoms with Crippen molar-refractivity contribution in [2.24, 2.45) is 5.92 Å². The predicted molar refractivity (Wildman–Crippen MR) is 64.9 cm³/mol. The molecular formula is C12H21NO5. The SMILES string of the molecule is COC(=O)CCCCC(=O)N[C@H](C(=O)O)C(C)C. The molecule has 18 heavy (non-hydrogen) atoms. The number of methoxy groups -OCH3 is 1. The molecule has 0 saturated heterocycles. The molecular weight excluding hydrogens is 238 g/mol. The molecule has 0 saturated carbocycles. The number of carboxylic acids is 1. The van der Waals surface area contributed by atoms with Crippen molar-refractivity contribution in [2.75, 3.05) is 7.11 Å². The van der Waals surface area contributed by atoms with Gasteiger partial charge in [0, 0.05) is 12.8 Å². The van der Waals surface area contributed by atoms with Gasteiger partial charge in [0.2, 0.25) is 5.91 Å². The maximum absolute atomic E-state index is 11.5. The fourth-order valence-electron chi connectivity index (χ4n) is 1.42. The average Bonchev–Trinajstić information content (AvgIpc) is 2.30. The first kappa shape index (κ1) is 16.4. The van der Waals surface area contributed by atoms with Crippen LogP contribution in [-0.2, 0) is 19.1 Å². The van der Waals surface area contributed by atoms with Crippen molar-refractivity contribution in [2.45, 2.75) is 45.6 Å².